The van der Waals surface area contributed by atoms with Crippen LogP contribution in [0.15, 0.2) is 97.8 Å². The first-order valence-electron chi connectivity index (χ1n) is 8.63. The first kappa shape index (κ1) is 19.4. The minimum Gasteiger partial charge on any atom is -0.200 e. The van der Waals surface area contributed by atoms with E-state index < -0.39 is 16.1 Å². The van der Waals surface area contributed by atoms with E-state index in [-0.39, 0.29) is 4.90 Å². The van der Waals surface area contributed by atoms with Gasteiger partial charge in [0.2, 0.25) is 0 Å². The molecule has 0 radical (unpaired) electrons. The van der Waals surface area contributed by atoms with Gasteiger partial charge in [0.25, 0.3) is 10.0 Å². The van der Waals surface area contributed by atoms with Gasteiger partial charge in [0.1, 0.15) is 0 Å². The second-order valence-electron chi connectivity index (χ2n) is 6.42. The smallest absolute Gasteiger partial charge is 0.200 e. The molecule has 1 heterocycles. The van der Waals surface area contributed by atoms with Gasteiger partial charge in [-0.15, -0.1) is 0 Å². The highest BCUT2D eigenvalue weighted by molar-refractivity contribution is 9.10. The third-order valence-corrected chi connectivity index (χ3v) is 7.35. The summed E-state index contributed by atoms with van der Waals surface area (Å²) in [6.07, 6.45) is 0.509. The summed E-state index contributed by atoms with van der Waals surface area (Å²) in [6.45, 7) is 0. The van der Waals surface area contributed by atoms with Crippen LogP contribution in [0.2, 0.25) is 0 Å². The van der Waals surface area contributed by atoms with E-state index in [1.54, 1.807) is 30.3 Å². The average Bonchev–Trinajstić information content (AvgIpc) is 3.16. The molecule has 3 aromatic carbocycles. The quantitative estimate of drug-likeness (QED) is 0.440. The van der Waals surface area contributed by atoms with Gasteiger partial charge in [-0.25, -0.2) is 0 Å². The fourth-order valence-corrected chi connectivity index (χ4v) is 5.14. The van der Waals surface area contributed by atoms with Crippen molar-refractivity contribution >= 4 is 47.6 Å². The number of hydrogen-bond acceptors (Lipinski definition) is 3. The lowest BCUT2D eigenvalue weighted by molar-refractivity contribution is 0.371. The van der Waals surface area contributed by atoms with Gasteiger partial charge in [0.15, 0.2) is 0 Å². The van der Waals surface area contributed by atoms with Gasteiger partial charge in [0.05, 0.1) is 16.6 Å². The Bertz CT molecular complexity index is 1110. The molecule has 4 rings (SSSR count). The normalized spacial score (nSPS) is 16.9. The molecule has 0 saturated carbocycles. The van der Waals surface area contributed by atoms with Crippen molar-refractivity contribution < 1.29 is 8.42 Å². The van der Waals surface area contributed by atoms with Gasteiger partial charge in [-0.05, 0) is 47.5 Å². The van der Waals surface area contributed by atoms with Gasteiger partial charge in [0, 0.05) is 15.4 Å². The zero-order valence-electron chi connectivity index (χ0n) is 14.7. The summed E-state index contributed by atoms with van der Waals surface area (Å²) in [5, 5.41) is 4.55. The van der Waals surface area contributed by atoms with Crippen molar-refractivity contribution in [3.8, 4) is 0 Å². The summed E-state index contributed by atoms with van der Waals surface area (Å²) in [7, 11) is -3.77. The molecule has 1 aliphatic heterocycles. The standard InChI is InChI=1S/C21H16Br2N2O2S/c22-17-10-6-15(7-11-17)20-14-21(16-8-12-18(23)13-9-16)25(24-20)28(26,27)19-4-2-1-3-5-19/h1-13,21H,14H2. The molecule has 0 amide bonds. The second-order valence-corrected chi connectivity index (χ2v) is 10.0. The molecule has 0 N–H and O–H groups in total. The summed E-state index contributed by atoms with van der Waals surface area (Å²) >= 11 is 6.87. The van der Waals surface area contributed by atoms with Crippen molar-refractivity contribution in [2.75, 3.05) is 0 Å². The van der Waals surface area contributed by atoms with Crippen LogP contribution in [0.25, 0.3) is 0 Å². The third kappa shape index (κ3) is 3.79. The highest BCUT2D eigenvalue weighted by Gasteiger charge is 2.37. The first-order chi connectivity index (χ1) is 13.4. The maximum atomic E-state index is 13.3. The van der Waals surface area contributed by atoms with E-state index in [4.69, 9.17) is 0 Å². The fraction of sp³-hybridized carbons (Fsp3) is 0.0952. The average molecular weight is 520 g/mol. The van der Waals surface area contributed by atoms with Gasteiger partial charge in [-0.3, -0.25) is 0 Å². The van der Waals surface area contributed by atoms with Crippen LogP contribution in [0, 0.1) is 0 Å². The van der Waals surface area contributed by atoms with Crippen LogP contribution >= 0.6 is 31.9 Å². The predicted octanol–water partition coefficient (Wildman–Crippen LogP) is 5.75. The molecule has 1 unspecified atom stereocenters. The van der Waals surface area contributed by atoms with Gasteiger partial charge in [-0.1, -0.05) is 74.3 Å². The summed E-state index contributed by atoms with van der Waals surface area (Å²) in [4.78, 5) is 0.234. The Balaban J connectivity index is 1.79. The largest absolute Gasteiger partial charge is 0.279 e. The Morgan fingerprint density at radius 3 is 2.00 bits per heavy atom. The van der Waals surface area contributed by atoms with E-state index >= 15 is 0 Å². The first-order valence-corrected chi connectivity index (χ1v) is 11.7. The fourth-order valence-electron chi connectivity index (χ4n) is 3.16. The molecule has 4 nitrogen and oxygen atoms in total. The Labute approximate surface area is 181 Å². The Hall–Kier alpha value is -1.96. The minimum absolute atomic E-state index is 0.234. The second kappa shape index (κ2) is 7.81. The molecule has 0 aromatic heterocycles. The molecular weight excluding hydrogens is 504 g/mol. The lowest BCUT2D eigenvalue weighted by Crippen LogP contribution is -2.27. The van der Waals surface area contributed by atoms with Crippen LogP contribution in [-0.2, 0) is 10.0 Å². The third-order valence-electron chi connectivity index (χ3n) is 4.59. The summed E-state index contributed by atoms with van der Waals surface area (Å²) < 4.78 is 29.8. The van der Waals surface area contributed by atoms with Crippen LogP contribution in [0.5, 0.6) is 0 Å². The van der Waals surface area contributed by atoms with Gasteiger partial charge >= 0.3 is 0 Å². The van der Waals surface area contributed by atoms with E-state index in [9.17, 15) is 8.42 Å². The lowest BCUT2D eigenvalue weighted by atomic mass is 9.99. The van der Waals surface area contributed by atoms with Crippen LogP contribution in [0.1, 0.15) is 23.6 Å². The Kier molecular flexibility index (Phi) is 5.40. The highest BCUT2D eigenvalue weighted by atomic mass is 79.9. The Morgan fingerprint density at radius 1 is 0.821 bits per heavy atom. The molecule has 142 valence electrons. The van der Waals surface area contributed by atoms with Crippen LogP contribution in [-0.4, -0.2) is 18.5 Å². The topological polar surface area (TPSA) is 49.7 Å². The van der Waals surface area contributed by atoms with E-state index in [1.807, 2.05) is 48.5 Å². The molecule has 0 spiro atoms. The molecule has 0 saturated heterocycles. The van der Waals surface area contributed by atoms with Crippen molar-refractivity contribution in [3.63, 3.8) is 0 Å². The molecule has 3 aromatic rings. The number of nitrogens with zero attached hydrogens (tertiary/aromatic N) is 2. The van der Waals surface area contributed by atoms with E-state index in [0.717, 1.165) is 25.8 Å². The number of hydrogen-bond donors (Lipinski definition) is 0. The van der Waals surface area contributed by atoms with Crippen molar-refractivity contribution in [2.45, 2.75) is 17.4 Å². The number of halogens is 2. The van der Waals surface area contributed by atoms with Crippen LogP contribution < -0.4 is 0 Å². The summed E-state index contributed by atoms with van der Waals surface area (Å²) in [5.41, 5.74) is 2.56. The lowest BCUT2D eigenvalue weighted by Gasteiger charge is -2.23. The predicted molar refractivity (Wildman–Crippen MR) is 118 cm³/mol. The van der Waals surface area contributed by atoms with E-state index in [0.29, 0.717) is 6.42 Å². The van der Waals surface area contributed by atoms with E-state index in [1.165, 1.54) is 4.41 Å². The minimum atomic E-state index is -3.77. The molecular formula is C21H16Br2N2O2S. The summed E-state index contributed by atoms with van der Waals surface area (Å²) in [6, 6.07) is 23.5. The molecule has 0 aliphatic carbocycles. The maximum absolute atomic E-state index is 13.3. The molecule has 0 fully saturated rings. The monoisotopic (exact) mass is 518 g/mol. The van der Waals surface area contributed by atoms with Gasteiger partial charge in [-0.2, -0.15) is 17.9 Å². The molecule has 1 atom stereocenters. The number of sulfonamides is 1. The number of benzene rings is 3. The zero-order valence-corrected chi connectivity index (χ0v) is 18.7. The SMILES string of the molecule is O=S(=O)(c1ccccc1)N1N=C(c2ccc(Br)cc2)CC1c1ccc(Br)cc1. The zero-order chi connectivity index (χ0) is 19.7. The van der Waals surface area contributed by atoms with Crippen molar-refractivity contribution in [3.05, 3.63) is 98.9 Å². The highest BCUT2D eigenvalue weighted by Crippen LogP contribution is 2.37. The Morgan fingerprint density at radius 2 is 1.39 bits per heavy atom. The van der Waals surface area contributed by atoms with Crippen molar-refractivity contribution in [1.29, 1.82) is 0 Å². The summed E-state index contributed by atoms with van der Waals surface area (Å²) in [5.74, 6) is 0. The van der Waals surface area contributed by atoms with Crippen molar-refractivity contribution in [2.24, 2.45) is 5.10 Å². The number of rotatable bonds is 4. The molecule has 1 aliphatic rings. The van der Waals surface area contributed by atoms with Gasteiger partial charge < -0.3 is 0 Å². The molecule has 28 heavy (non-hydrogen) atoms. The molecule has 7 heteroatoms. The van der Waals surface area contributed by atoms with Crippen LogP contribution in [0.3, 0.4) is 0 Å². The maximum Gasteiger partial charge on any atom is 0.279 e. The van der Waals surface area contributed by atoms with E-state index in [2.05, 4.69) is 37.0 Å². The van der Waals surface area contributed by atoms with Crippen molar-refractivity contribution in [1.82, 2.24) is 4.41 Å². The number of hydrazone groups is 1. The molecule has 0 bridgehead atoms. The van der Waals surface area contributed by atoms with Crippen LogP contribution in [0.4, 0.5) is 0 Å².